The van der Waals surface area contributed by atoms with Gasteiger partial charge in [0.05, 0.1) is 27.0 Å². The molecule has 7 heteroatoms. The van der Waals surface area contributed by atoms with E-state index in [1.54, 1.807) is 65.2 Å². The minimum absolute atomic E-state index is 0.204. The first-order valence-corrected chi connectivity index (χ1v) is 12.4. The predicted octanol–water partition coefficient (Wildman–Crippen LogP) is 8.00. The Kier molecular flexibility index (Phi) is 5.55. The Morgan fingerprint density at radius 3 is 1.95 bits per heavy atom. The fourth-order valence-corrected chi connectivity index (χ4v) is 5.52. The number of amides is 1. The summed E-state index contributed by atoms with van der Waals surface area (Å²) < 4.78 is 8.05. The number of nitrogens with zero attached hydrogens (tertiary/aromatic N) is 2. The molecule has 0 unspecified atom stereocenters. The molecule has 1 aliphatic heterocycles. The number of carbonyl (C=O) groups is 1. The lowest BCUT2D eigenvalue weighted by Gasteiger charge is -2.27. The molecule has 0 fully saturated rings. The standard InChI is InChI=1S/C30H20Cl2N2O3/c1-17-9-7-10-18(2)25(17)34-28(35)20-12-4-3-11-19(20)26-30(34)37-24-16-6-5-13-21(24)29(36)33(26)27-22(31)14-8-15-23(27)32/h3-16H,1-2H3. The summed E-state index contributed by atoms with van der Waals surface area (Å²) in [6.07, 6.45) is 0. The van der Waals surface area contributed by atoms with Gasteiger partial charge in [-0.25, -0.2) is 4.57 Å². The first kappa shape index (κ1) is 23.3. The molecule has 1 aliphatic rings. The third-order valence-corrected chi connectivity index (χ3v) is 7.21. The minimum Gasteiger partial charge on any atom is -0.437 e. The number of rotatable bonds is 2. The highest BCUT2D eigenvalue weighted by Crippen LogP contribution is 2.49. The van der Waals surface area contributed by atoms with Gasteiger partial charge in [-0.05, 0) is 55.3 Å². The number of hydrogen-bond donors (Lipinski definition) is 0. The van der Waals surface area contributed by atoms with Gasteiger partial charge in [-0.1, -0.05) is 77.8 Å². The molecule has 5 aromatic rings. The van der Waals surface area contributed by atoms with Gasteiger partial charge in [0.1, 0.15) is 11.4 Å². The zero-order chi connectivity index (χ0) is 25.8. The molecule has 0 radical (unpaired) electrons. The fraction of sp³-hybridized carbons (Fsp3) is 0.0667. The topological polar surface area (TPSA) is 51.5 Å². The maximum atomic E-state index is 14.3. The van der Waals surface area contributed by atoms with Gasteiger partial charge in [0.25, 0.3) is 11.5 Å². The molecule has 5 nitrogen and oxygen atoms in total. The van der Waals surface area contributed by atoms with Gasteiger partial charge >= 0.3 is 0 Å². The monoisotopic (exact) mass is 526 g/mol. The number of carbonyl (C=O) groups excluding carboxylic acids is 1. The van der Waals surface area contributed by atoms with E-state index in [1.165, 1.54) is 4.90 Å². The summed E-state index contributed by atoms with van der Waals surface area (Å²) in [4.78, 5) is 29.8. The summed E-state index contributed by atoms with van der Waals surface area (Å²) in [5.41, 5.74) is 3.21. The lowest BCUT2D eigenvalue weighted by atomic mass is 10.1. The number of para-hydroxylation sites is 3. The van der Waals surface area contributed by atoms with Crippen LogP contribution in [-0.2, 0) is 0 Å². The second kappa shape index (κ2) is 8.80. The van der Waals surface area contributed by atoms with Crippen LogP contribution in [0.25, 0.3) is 16.5 Å². The van der Waals surface area contributed by atoms with Crippen LogP contribution in [0.4, 0.5) is 11.4 Å². The molecule has 4 aromatic carbocycles. The van der Waals surface area contributed by atoms with Gasteiger partial charge in [0.2, 0.25) is 5.88 Å². The molecule has 1 amide bonds. The van der Waals surface area contributed by atoms with Crippen LogP contribution in [0.15, 0.2) is 89.7 Å². The van der Waals surface area contributed by atoms with Gasteiger partial charge in [-0.15, -0.1) is 0 Å². The molecule has 1 aromatic heterocycles. The zero-order valence-corrected chi connectivity index (χ0v) is 21.5. The second-order valence-corrected chi connectivity index (χ2v) is 9.70. The number of anilines is 2. The Morgan fingerprint density at radius 2 is 1.24 bits per heavy atom. The lowest BCUT2D eigenvalue weighted by Crippen LogP contribution is -2.29. The molecule has 0 saturated heterocycles. The summed E-state index contributed by atoms with van der Waals surface area (Å²) in [5, 5.41) is 1.56. The third kappa shape index (κ3) is 3.54. The average Bonchev–Trinajstić information content (AvgIpc) is 3.00. The van der Waals surface area contributed by atoms with E-state index in [1.807, 2.05) is 38.1 Å². The molecule has 0 spiro atoms. The lowest BCUT2D eigenvalue weighted by molar-refractivity contribution is 0.0999. The Labute approximate surface area is 223 Å². The number of aromatic nitrogens is 1. The van der Waals surface area contributed by atoms with Crippen LogP contribution in [0.1, 0.15) is 21.5 Å². The van der Waals surface area contributed by atoms with Crippen molar-refractivity contribution in [3.05, 3.63) is 122 Å². The number of hydrogen-bond acceptors (Lipinski definition) is 3. The molecule has 0 saturated carbocycles. The first-order chi connectivity index (χ1) is 17.9. The summed E-state index contributed by atoms with van der Waals surface area (Å²) in [5.74, 6) is 0.158. The molecule has 182 valence electrons. The van der Waals surface area contributed by atoms with Crippen molar-refractivity contribution in [3.8, 4) is 17.3 Å². The Hall–Kier alpha value is -4.06. The quantitative estimate of drug-likeness (QED) is 0.234. The van der Waals surface area contributed by atoms with Crippen LogP contribution < -0.4 is 15.2 Å². The van der Waals surface area contributed by atoms with Crippen LogP contribution in [0.5, 0.6) is 11.6 Å². The number of halogens is 2. The van der Waals surface area contributed by atoms with Crippen LogP contribution in [-0.4, -0.2) is 10.5 Å². The van der Waals surface area contributed by atoms with Crippen molar-refractivity contribution in [3.63, 3.8) is 0 Å². The Balaban J connectivity index is 1.87. The zero-order valence-electron chi connectivity index (χ0n) is 20.0. The van der Waals surface area contributed by atoms with Crippen molar-refractivity contribution in [2.45, 2.75) is 13.8 Å². The van der Waals surface area contributed by atoms with E-state index < -0.39 is 0 Å². The van der Waals surface area contributed by atoms with Crippen LogP contribution in [0.2, 0.25) is 10.0 Å². The summed E-state index contributed by atoms with van der Waals surface area (Å²) in [7, 11) is 0. The van der Waals surface area contributed by atoms with Gasteiger partial charge in [0, 0.05) is 10.8 Å². The molecular formula is C30H20Cl2N2O3. The number of fused-ring (bicyclic) bond motifs is 4. The minimum atomic E-state index is -0.374. The molecule has 6 rings (SSSR count). The Morgan fingerprint density at radius 1 is 0.649 bits per heavy atom. The highest BCUT2D eigenvalue weighted by atomic mass is 35.5. The van der Waals surface area contributed by atoms with E-state index in [9.17, 15) is 9.59 Å². The number of benzene rings is 4. The highest BCUT2D eigenvalue weighted by Gasteiger charge is 2.36. The maximum absolute atomic E-state index is 14.3. The Bertz CT molecular complexity index is 1770. The summed E-state index contributed by atoms with van der Waals surface area (Å²) in [6, 6.07) is 25.0. The van der Waals surface area contributed by atoms with E-state index in [0.717, 1.165) is 11.1 Å². The third-order valence-electron chi connectivity index (χ3n) is 6.60. The number of aryl methyl sites for hydroxylation is 2. The molecule has 0 N–H and O–H groups in total. The van der Waals surface area contributed by atoms with Gasteiger partial charge < -0.3 is 4.74 Å². The first-order valence-electron chi connectivity index (χ1n) is 11.7. The second-order valence-electron chi connectivity index (χ2n) is 8.89. The SMILES string of the molecule is Cc1cccc(C)c1-n1c2c(c3ccccc3c1=O)N(c1c(Cl)cccc1Cl)C(=O)c1ccccc1O2. The van der Waals surface area contributed by atoms with Gasteiger partial charge in [0.15, 0.2) is 0 Å². The molecule has 0 aliphatic carbocycles. The van der Waals surface area contributed by atoms with Crippen molar-refractivity contribution < 1.29 is 9.53 Å². The van der Waals surface area contributed by atoms with Gasteiger partial charge in [-0.2, -0.15) is 0 Å². The van der Waals surface area contributed by atoms with Crippen molar-refractivity contribution in [1.82, 2.24) is 4.57 Å². The predicted molar refractivity (Wildman–Crippen MR) is 148 cm³/mol. The van der Waals surface area contributed by atoms with Crippen LogP contribution in [0, 0.1) is 13.8 Å². The molecule has 37 heavy (non-hydrogen) atoms. The van der Waals surface area contributed by atoms with Crippen molar-refractivity contribution in [1.29, 1.82) is 0 Å². The van der Waals surface area contributed by atoms with E-state index in [2.05, 4.69) is 0 Å². The molecular weight excluding hydrogens is 507 g/mol. The molecule has 0 bridgehead atoms. The van der Waals surface area contributed by atoms with E-state index in [0.29, 0.717) is 49.2 Å². The van der Waals surface area contributed by atoms with E-state index in [4.69, 9.17) is 27.9 Å². The smallest absolute Gasteiger partial charge is 0.266 e. The maximum Gasteiger partial charge on any atom is 0.266 e. The number of ether oxygens (including phenoxy) is 1. The van der Waals surface area contributed by atoms with Crippen LogP contribution in [0.3, 0.4) is 0 Å². The van der Waals surface area contributed by atoms with E-state index >= 15 is 0 Å². The van der Waals surface area contributed by atoms with Crippen LogP contribution >= 0.6 is 23.2 Å². The average molecular weight is 527 g/mol. The van der Waals surface area contributed by atoms with Crippen molar-refractivity contribution in [2.24, 2.45) is 0 Å². The van der Waals surface area contributed by atoms with Crippen molar-refractivity contribution in [2.75, 3.05) is 4.90 Å². The summed E-state index contributed by atoms with van der Waals surface area (Å²) in [6.45, 7) is 3.88. The van der Waals surface area contributed by atoms with Crippen molar-refractivity contribution >= 4 is 51.3 Å². The molecule has 2 heterocycles. The fourth-order valence-electron chi connectivity index (χ4n) is 4.96. The summed E-state index contributed by atoms with van der Waals surface area (Å²) >= 11 is 13.4. The van der Waals surface area contributed by atoms with E-state index in [-0.39, 0.29) is 17.3 Å². The van der Waals surface area contributed by atoms with Gasteiger partial charge in [-0.3, -0.25) is 14.5 Å². The normalized spacial score (nSPS) is 12.6. The highest BCUT2D eigenvalue weighted by molar-refractivity contribution is 6.41. The molecule has 0 atom stereocenters. The largest absolute Gasteiger partial charge is 0.437 e. The number of pyridine rings is 1.